The highest BCUT2D eigenvalue weighted by Gasteiger charge is 2.54. The van der Waals surface area contributed by atoms with Crippen molar-refractivity contribution in [2.75, 3.05) is 26.7 Å². The van der Waals surface area contributed by atoms with E-state index in [1.54, 1.807) is 30.2 Å². The van der Waals surface area contributed by atoms with Gasteiger partial charge in [-0.1, -0.05) is 6.07 Å². The summed E-state index contributed by atoms with van der Waals surface area (Å²) in [5.74, 6) is -1.21. The van der Waals surface area contributed by atoms with Crippen molar-refractivity contribution in [1.29, 1.82) is 0 Å². The first kappa shape index (κ1) is 27.0. The van der Waals surface area contributed by atoms with Gasteiger partial charge >= 0.3 is 0 Å². The molecule has 1 amide bonds. The molecule has 2 heterocycles. The number of rotatable bonds is 8. The van der Waals surface area contributed by atoms with Gasteiger partial charge in [0.15, 0.2) is 11.5 Å². The fraction of sp³-hybridized carbons (Fsp3) is 0.480. The number of furan rings is 1. The highest BCUT2D eigenvalue weighted by atomic mass is 35.5. The third kappa shape index (κ3) is 5.47. The largest absolute Gasteiger partial charge is 0.504 e. The number of carbonyl (C=O) groups excluding carboxylic acids is 1. The standard InChI is InChI=1S/C25H30F2N2O5.ClH/c1-28(22(31)6-3-16-8-12-34-15-16)10-2-9-25(33)18-7-11-29(14-21(26)27)20(25)13-17-4-5-19(30)24(32)23(17)18;/h3-6,8,12,15,18,20-21,30,32-33H,2,7,9-11,13-14H2,1H3;1H/b6-3+;/t18-,20+,25-;/m0./s1. The molecule has 3 atom stereocenters. The minimum atomic E-state index is -2.53. The zero-order chi connectivity index (χ0) is 24.5. The number of phenolic OH excluding ortho intramolecular Hbond substituents is 2. The highest BCUT2D eigenvalue weighted by Crippen LogP contribution is 2.53. The van der Waals surface area contributed by atoms with Crippen LogP contribution in [0.3, 0.4) is 0 Å². The predicted molar refractivity (Wildman–Crippen MR) is 129 cm³/mol. The van der Waals surface area contributed by atoms with E-state index < -0.39 is 30.5 Å². The van der Waals surface area contributed by atoms with Crippen LogP contribution in [0.25, 0.3) is 6.08 Å². The number of aliphatic hydroxyl groups is 1. The first-order chi connectivity index (χ1) is 16.2. The Morgan fingerprint density at radius 2 is 2.11 bits per heavy atom. The van der Waals surface area contributed by atoms with E-state index in [-0.39, 0.29) is 36.2 Å². The minimum absolute atomic E-state index is 0. The third-order valence-electron chi connectivity index (χ3n) is 7.16. The van der Waals surface area contributed by atoms with E-state index in [9.17, 15) is 28.9 Å². The summed E-state index contributed by atoms with van der Waals surface area (Å²) in [6.07, 6.45) is 4.99. The van der Waals surface area contributed by atoms with E-state index >= 15 is 0 Å². The maximum absolute atomic E-state index is 13.3. The van der Waals surface area contributed by atoms with Crippen LogP contribution in [0, 0.1) is 0 Å². The maximum atomic E-state index is 13.3. The number of hydrogen-bond donors (Lipinski definition) is 3. The van der Waals surface area contributed by atoms with Crippen LogP contribution in [0.15, 0.2) is 41.2 Å². The summed E-state index contributed by atoms with van der Waals surface area (Å²) in [5.41, 5.74) is 0.655. The average molecular weight is 513 g/mol. The molecule has 0 saturated carbocycles. The Morgan fingerprint density at radius 3 is 2.80 bits per heavy atom. The molecule has 1 aliphatic carbocycles. The molecular formula is C25H31ClF2N2O5. The summed E-state index contributed by atoms with van der Waals surface area (Å²) in [5, 5.41) is 32.5. The minimum Gasteiger partial charge on any atom is -0.504 e. The van der Waals surface area contributed by atoms with Gasteiger partial charge in [0.2, 0.25) is 5.91 Å². The number of likely N-dealkylation sites (N-methyl/N-ethyl adjacent to an activating group) is 1. The van der Waals surface area contributed by atoms with Gasteiger partial charge in [-0.2, -0.15) is 0 Å². The summed E-state index contributed by atoms with van der Waals surface area (Å²) >= 11 is 0. The molecular weight excluding hydrogens is 482 g/mol. The summed E-state index contributed by atoms with van der Waals surface area (Å²) < 4.78 is 31.5. The SMILES string of the molecule is CN(CCC[C@]1(O)[C@H]2CCN(CC(F)F)[C@@H]1Cc1ccc(O)c(O)c12)C(=O)/C=C/c1ccoc1.Cl. The van der Waals surface area contributed by atoms with Gasteiger partial charge in [0.25, 0.3) is 6.43 Å². The highest BCUT2D eigenvalue weighted by molar-refractivity contribution is 5.91. The van der Waals surface area contributed by atoms with Crippen molar-refractivity contribution in [3.63, 3.8) is 0 Å². The normalized spacial score (nSPS) is 23.8. The number of halogens is 3. The molecule has 1 aromatic heterocycles. The van der Waals surface area contributed by atoms with Crippen LogP contribution in [0.2, 0.25) is 0 Å². The number of piperidine rings is 1. The number of amides is 1. The Kier molecular flexibility index (Phi) is 8.46. The van der Waals surface area contributed by atoms with Crippen LogP contribution in [0.5, 0.6) is 11.5 Å². The summed E-state index contributed by atoms with van der Waals surface area (Å²) in [6, 6.07) is 4.27. The molecule has 4 rings (SSSR count). The van der Waals surface area contributed by atoms with E-state index in [4.69, 9.17) is 4.42 Å². The van der Waals surface area contributed by atoms with Gasteiger partial charge in [-0.25, -0.2) is 8.78 Å². The number of aromatic hydroxyl groups is 2. The van der Waals surface area contributed by atoms with E-state index in [0.717, 1.165) is 11.1 Å². The number of likely N-dealkylation sites (tertiary alicyclic amines) is 1. The second-order valence-electron chi connectivity index (χ2n) is 9.20. The fourth-order valence-electron chi connectivity index (χ4n) is 5.47. The Balaban J connectivity index is 0.00000342. The molecule has 1 aromatic carbocycles. The van der Waals surface area contributed by atoms with Gasteiger partial charge in [-0.05, 0) is 56.0 Å². The number of benzene rings is 1. The summed E-state index contributed by atoms with van der Waals surface area (Å²) in [4.78, 5) is 15.6. The van der Waals surface area contributed by atoms with Crippen molar-refractivity contribution in [3.8, 4) is 11.5 Å². The van der Waals surface area contributed by atoms with Crippen LogP contribution in [-0.4, -0.2) is 75.8 Å². The van der Waals surface area contributed by atoms with E-state index in [2.05, 4.69) is 0 Å². The van der Waals surface area contributed by atoms with Gasteiger partial charge in [-0.15, -0.1) is 12.4 Å². The monoisotopic (exact) mass is 512 g/mol. The average Bonchev–Trinajstić information content (AvgIpc) is 3.30. The lowest BCUT2D eigenvalue weighted by Gasteiger charge is -2.55. The van der Waals surface area contributed by atoms with Gasteiger partial charge in [0.1, 0.15) is 0 Å². The Bertz CT molecular complexity index is 1050. The Labute approximate surface area is 209 Å². The van der Waals surface area contributed by atoms with E-state index in [0.29, 0.717) is 37.9 Å². The Morgan fingerprint density at radius 1 is 1.34 bits per heavy atom. The van der Waals surface area contributed by atoms with Crippen molar-refractivity contribution in [3.05, 3.63) is 53.5 Å². The number of alkyl halides is 2. The summed E-state index contributed by atoms with van der Waals surface area (Å²) in [6.45, 7) is 0.300. The van der Waals surface area contributed by atoms with Crippen LogP contribution >= 0.6 is 12.4 Å². The quantitative estimate of drug-likeness (QED) is 0.368. The molecule has 3 N–H and O–H groups in total. The number of fused-ring (bicyclic) bond motifs is 4. The molecule has 10 heteroatoms. The molecule has 2 aromatic rings. The van der Waals surface area contributed by atoms with Crippen molar-refractivity contribution < 1.29 is 33.3 Å². The van der Waals surface area contributed by atoms with Crippen LogP contribution < -0.4 is 0 Å². The number of phenols is 2. The molecule has 7 nitrogen and oxygen atoms in total. The smallest absolute Gasteiger partial charge is 0.251 e. The lowest BCUT2D eigenvalue weighted by molar-refractivity contribution is -0.127. The van der Waals surface area contributed by atoms with Crippen LogP contribution in [0.4, 0.5) is 8.78 Å². The predicted octanol–water partition coefficient (Wildman–Crippen LogP) is 3.77. The van der Waals surface area contributed by atoms with Crippen LogP contribution in [0.1, 0.15) is 41.9 Å². The zero-order valence-corrected chi connectivity index (χ0v) is 20.3. The number of nitrogens with zero attached hydrogens (tertiary/aromatic N) is 2. The first-order valence-electron chi connectivity index (χ1n) is 11.4. The molecule has 2 aliphatic rings. The first-order valence-corrected chi connectivity index (χ1v) is 11.4. The van der Waals surface area contributed by atoms with Crippen molar-refractivity contribution in [2.24, 2.45) is 0 Å². The van der Waals surface area contributed by atoms with Gasteiger partial charge in [0, 0.05) is 42.8 Å². The van der Waals surface area contributed by atoms with Gasteiger partial charge in [-0.3, -0.25) is 9.69 Å². The Hall–Kier alpha value is -2.62. The maximum Gasteiger partial charge on any atom is 0.251 e. The summed E-state index contributed by atoms with van der Waals surface area (Å²) in [7, 11) is 1.66. The molecule has 0 spiro atoms. The molecule has 192 valence electrons. The topological polar surface area (TPSA) is 97.4 Å². The van der Waals surface area contributed by atoms with E-state index in [1.807, 2.05) is 0 Å². The lowest BCUT2D eigenvalue weighted by atomic mass is 9.63. The van der Waals surface area contributed by atoms with Crippen molar-refractivity contribution >= 4 is 24.4 Å². The molecule has 2 bridgehead atoms. The molecule has 1 saturated heterocycles. The fourth-order valence-corrected chi connectivity index (χ4v) is 5.47. The molecule has 0 unspecified atom stereocenters. The van der Waals surface area contributed by atoms with Crippen molar-refractivity contribution in [1.82, 2.24) is 9.80 Å². The van der Waals surface area contributed by atoms with Crippen molar-refractivity contribution in [2.45, 2.75) is 49.7 Å². The molecule has 35 heavy (non-hydrogen) atoms. The van der Waals surface area contributed by atoms with E-state index in [1.165, 1.54) is 29.6 Å². The van der Waals surface area contributed by atoms with Gasteiger partial charge in [0.05, 0.1) is 24.7 Å². The molecule has 0 radical (unpaired) electrons. The second kappa shape index (κ2) is 11.0. The molecule has 1 fully saturated rings. The van der Waals surface area contributed by atoms with Crippen LogP contribution in [-0.2, 0) is 11.2 Å². The third-order valence-corrected chi connectivity index (χ3v) is 7.16. The zero-order valence-electron chi connectivity index (χ0n) is 19.4. The second-order valence-corrected chi connectivity index (χ2v) is 9.20. The number of hydrogen-bond acceptors (Lipinski definition) is 6. The number of carbonyl (C=O) groups is 1. The van der Waals surface area contributed by atoms with Gasteiger partial charge < -0.3 is 24.6 Å². The lowest BCUT2D eigenvalue weighted by Crippen LogP contribution is -2.64. The molecule has 1 aliphatic heterocycles.